The third-order valence-corrected chi connectivity index (χ3v) is 6.13. The molecule has 1 atom stereocenters. The predicted molar refractivity (Wildman–Crippen MR) is 134 cm³/mol. The molecule has 0 saturated carbocycles. The average molecular weight is 545 g/mol. The molecular formula is C22H32IN3O3S. The number of benzene rings is 2. The standard InChI is InChI=1S/C22H31N3O3S.HI/c1-16(19-7-9-20(28-4)10-8-19)12-13-24-22(23-3)25-15-18-6-11-21(17(2)14-18)29(5,26)27;/h6-11,14,16H,12-13,15H2,1-5H3,(H2,23,24,25);1H. The quantitative estimate of drug-likeness (QED) is 0.299. The smallest absolute Gasteiger partial charge is 0.191 e. The van der Waals surface area contributed by atoms with Crippen LogP contribution in [-0.4, -0.2) is 41.3 Å². The van der Waals surface area contributed by atoms with E-state index in [1.165, 1.54) is 11.8 Å². The van der Waals surface area contributed by atoms with Gasteiger partial charge in [0.15, 0.2) is 15.8 Å². The number of hydrogen-bond acceptors (Lipinski definition) is 4. The number of nitrogens with one attached hydrogen (secondary N) is 2. The summed E-state index contributed by atoms with van der Waals surface area (Å²) in [4.78, 5) is 4.63. The number of rotatable bonds is 8. The first-order valence-electron chi connectivity index (χ1n) is 9.62. The van der Waals surface area contributed by atoms with Gasteiger partial charge in [-0.2, -0.15) is 0 Å². The minimum absolute atomic E-state index is 0. The van der Waals surface area contributed by atoms with Crippen molar-refractivity contribution >= 4 is 39.8 Å². The molecule has 0 aliphatic carbocycles. The summed E-state index contributed by atoms with van der Waals surface area (Å²) < 4.78 is 28.7. The Balaban J connectivity index is 0.00000450. The zero-order valence-electron chi connectivity index (χ0n) is 18.2. The Morgan fingerprint density at radius 2 is 1.80 bits per heavy atom. The monoisotopic (exact) mass is 545 g/mol. The van der Waals surface area contributed by atoms with E-state index in [1.807, 2.05) is 31.2 Å². The number of methoxy groups -OCH3 is 1. The van der Waals surface area contributed by atoms with Gasteiger partial charge in [-0.15, -0.1) is 24.0 Å². The van der Waals surface area contributed by atoms with Gasteiger partial charge < -0.3 is 15.4 Å². The maximum absolute atomic E-state index is 11.7. The van der Waals surface area contributed by atoms with E-state index in [1.54, 1.807) is 20.2 Å². The lowest BCUT2D eigenvalue weighted by Gasteiger charge is -2.16. The van der Waals surface area contributed by atoms with E-state index in [0.717, 1.165) is 35.8 Å². The first kappa shape index (κ1) is 26.2. The van der Waals surface area contributed by atoms with Gasteiger partial charge in [-0.05, 0) is 54.2 Å². The van der Waals surface area contributed by atoms with Crippen LogP contribution < -0.4 is 15.4 Å². The second kappa shape index (κ2) is 12.1. The fourth-order valence-corrected chi connectivity index (χ4v) is 4.11. The van der Waals surface area contributed by atoms with Crippen molar-refractivity contribution in [3.63, 3.8) is 0 Å². The molecule has 0 fully saturated rings. The number of nitrogens with zero attached hydrogens (tertiary/aromatic N) is 1. The van der Waals surface area contributed by atoms with Gasteiger partial charge in [0.1, 0.15) is 5.75 Å². The van der Waals surface area contributed by atoms with Gasteiger partial charge in [0, 0.05) is 26.4 Å². The van der Waals surface area contributed by atoms with Crippen LogP contribution in [0.15, 0.2) is 52.4 Å². The van der Waals surface area contributed by atoms with Gasteiger partial charge in [0.2, 0.25) is 0 Å². The third-order valence-electron chi connectivity index (χ3n) is 4.88. The second-order valence-corrected chi connectivity index (χ2v) is 9.17. The van der Waals surface area contributed by atoms with Crippen LogP contribution in [0.4, 0.5) is 0 Å². The molecule has 1 unspecified atom stereocenters. The van der Waals surface area contributed by atoms with E-state index in [-0.39, 0.29) is 24.0 Å². The van der Waals surface area contributed by atoms with Crippen LogP contribution in [0.25, 0.3) is 0 Å². The highest BCUT2D eigenvalue weighted by Crippen LogP contribution is 2.21. The lowest BCUT2D eigenvalue weighted by Crippen LogP contribution is -2.37. The molecule has 166 valence electrons. The minimum Gasteiger partial charge on any atom is -0.497 e. The van der Waals surface area contributed by atoms with E-state index in [4.69, 9.17) is 4.74 Å². The molecule has 0 saturated heterocycles. The summed E-state index contributed by atoms with van der Waals surface area (Å²) in [6, 6.07) is 13.5. The largest absolute Gasteiger partial charge is 0.497 e. The van der Waals surface area contributed by atoms with Crippen LogP contribution in [-0.2, 0) is 16.4 Å². The Hall–Kier alpha value is -1.81. The third kappa shape index (κ3) is 7.79. The number of guanidine groups is 1. The fraction of sp³-hybridized carbons (Fsp3) is 0.409. The van der Waals surface area contributed by atoms with E-state index < -0.39 is 9.84 Å². The van der Waals surface area contributed by atoms with Crippen LogP contribution in [0, 0.1) is 6.92 Å². The number of hydrogen-bond donors (Lipinski definition) is 2. The van der Waals surface area contributed by atoms with Gasteiger partial charge in [0.05, 0.1) is 12.0 Å². The summed E-state index contributed by atoms with van der Waals surface area (Å²) in [6.45, 7) is 5.37. The normalized spacial score (nSPS) is 12.6. The van der Waals surface area contributed by atoms with Crippen molar-refractivity contribution in [2.24, 2.45) is 4.99 Å². The fourth-order valence-electron chi connectivity index (χ4n) is 3.15. The SMILES string of the molecule is CN=C(NCCC(C)c1ccc(OC)cc1)NCc1ccc(S(C)(=O)=O)c(C)c1.I. The van der Waals surface area contributed by atoms with Crippen molar-refractivity contribution in [1.82, 2.24) is 10.6 Å². The first-order valence-corrected chi connectivity index (χ1v) is 11.5. The van der Waals surface area contributed by atoms with Crippen molar-refractivity contribution < 1.29 is 13.2 Å². The van der Waals surface area contributed by atoms with E-state index >= 15 is 0 Å². The van der Waals surface area contributed by atoms with Crippen molar-refractivity contribution in [2.75, 3.05) is 27.0 Å². The topological polar surface area (TPSA) is 79.8 Å². The molecule has 0 aliphatic rings. The van der Waals surface area contributed by atoms with Crippen LogP contribution in [0.2, 0.25) is 0 Å². The van der Waals surface area contributed by atoms with Crippen LogP contribution >= 0.6 is 24.0 Å². The molecule has 0 aliphatic heterocycles. The van der Waals surface area contributed by atoms with Crippen LogP contribution in [0.3, 0.4) is 0 Å². The summed E-state index contributed by atoms with van der Waals surface area (Å²) in [5, 5.41) is 6.60. The molecular weight excluding hydrogens is 513 g/mol. The highest BCUT2D eigenvalue weighted by molar-refractivity contribution is 14.0. The first-order chi connectivity index (χ1) is 13.7. The van der Waals surface area contributed by atoms with E-state index in [2.05, 4.69) is 34.7 Å². The molecule has 2 rings (SSSR count). The molecule has 30 heavy (non-hydrogen) atoms. The molecule has 0 amide bonds. The van der Waals surface area contributed by atoms with Gasteiger partial charge >= 0.3 is 0 Å². The predicted octanol–water partition coefficient (Wildman–Crippen LogP) is 3.88. The van der Waals surface area contributed by atoms with Crippen LogP contribution in [0.1, 0.15) is 36.0 Å². The molecule has 2 aromatic rings. The zero-order valence-corrected chi connectivity index (χ0v) is 21.4. The zero-order chi connectivity index (χ0) is 21.4. The summed E-state index contributed by atoms with van der Waals surface area (Å²) in [7, 11) is 0.209. The summed E-state index contributed by atoms with van der Waals surface area (Å²) in [5.74, 6) is 2.00. The summed E-state index contributed by atoms with van der Waals surface area (Å²) in [6.07, 6.45) is 2.20. The highest BCUT2D eigenvalue weighted by Gasteiger charge is 2.11. The van der Waals surface area contributed by atoms with Crippen molar-refractivity contribution in [3.8, 4) is 5.75 Å². The van der Waals surface area contributed by atoms with Crippen molar-refractivity contribution in [3.05, 3.63) is 59.2 Å². The summed E-state index contributed by atoms with van der Waals surface area (Å²) >= 11 is 0. The Kier molecular flexibility index (Phi) is 10.6. The van der Waals surface area contributed by atoms with Gasteiger partial charge in [0.25, 0.3) is 0 Å². The molecule has 0 aromatic heterocycles. The Bertz CT molecular complexity index is 945. The Morgan fingerprint density at radius 1 is 1.13 bits per heavy atom. The lowest BCUT2D eigenvalue weighted by molar-refractivity contribution is 0.414. The summed E-state index contributed by atoms with van der Waals surface area (Å²) in [5.41, 5.74) is 3.03. The maximum Gasteiger partial charge on any atom is 0.191 e. The molecule has 2 aromatic carbocycles. The lowest BCUT2D eigenvalue weighted by atomic mass is 9.98. The van der Waals surface area contributed by atoms with Gasteiger partial charge in [-0.1, -0.05) is 31.2 Å². The molecule has 0 heterocycles. The molecule has 0 spiro atoms. The number of halogens is 1. The van der Waals surface area contributed by atoms with Crippen LogP contribution in [0.5, 0.6) is 5.75 Å². The molecule has 8 heteroatoms. The van der Waals surface area contributed by atoms with E-state index in [0.29, 0.717) is 17.4 Å². The van der Waals surface area contributed by atoms with E-state index in [9.17, 15) is 8.42 Å². The number of ether oxygens (including phenoxy) is 1. The highest BCUT2D eigenvalue weighted by atomic mass is 127. The Labute approximate surface area is 197 Å². The number of sulfone groups is 1. The van der Waals surface area contributed by atoms with Crippen molar-refractivity contribution in [2.45, 2.75) is 37.6 Å². The number of aryl methyl sites for hydroxylation is 1. The van der Waals surface area contributed by atoms with Gasteiger partial charge in [-0.3, -0.25) is 4.99 Å². The average Bonchev–Trinajstić information content (AvgIpc) is 2.69. The minimum atomic E-state index is -3.20. The Morgan fingerprint density at radius 3 is 2.33 bits per heavy atom. The molecule has 2 N–H and O–H groups in total. The van der Waals surface area contributed by atoms with Crippen molar-refractivity contribution in [1.29, 1.82) is 0 Å². The maximum atomic E-state index is 11.7. The molecule has 6 nitrogen and oxygen atoms in total. The molecule has 0 radical (unpaired) electrons. The second-order valence-electron chi connectivity index (χ2n) is 7.19. The number of aliphatic imine (C=N–C) groups is 1. The molecule has 0 bridgehead atoms. The van der Waals surface area contributed by atoms with Gasteiger partial charge in [-0.25, -0.2) is 8.42 Å².